The van der Waals surface area contributed by atoms with E-state index in [2.05, 4.69) is 20.3 Å². The van der Waals surface area contributed by atoms with E-state index < -0.39 is 44.4 Å². The fraction of sp³-hybridized carbons (Fsp3) is 0.375. The van der Waals surface area contributed by atoms with Gasteiger partial charge in [-0.25, -0.2) is 15.0 Å². The number of furan rings is 1. The molecule has 1 aliphatic heterocycles. The number of ether oxygens (including phenoxy) is 1. The number of likely N-dealkylation sites (N-methyl/N-ethyl adjacent to an activating group) is 1. The van der Waals surface area contributed by atoms with Crippen molar-refractivity contribution in [1.29, 1.82) is 0 Å². The molecular formula is C16H18N6O5. The van der Waals surface area contributed by atoms with Gasteiger partial charge in [-0.2, -0.15) is 0 Å². The Morgan fingerprint density at radius 2 is 2.22 bits per heavy atom. The van der Waals surface area contributed by atoms with Crippen LogP contribution in [0.15, 0.2) is 29.1 Å². The SMILES string of the molecule is [2H]C([2H])([2H])NC(=O)[C@H]1O[C@@H](n2cnc3c(NC([2H])([2H])[2H])nc(-c4ccco4)nc32)[C@H](O)[C@@H]1O. The van der Waals surface area contributed by atoms with Gasteiger partial charge in [0, 0.05) is 22.2 Å². The molecule has 1 saturated heterocycles. The number of carbonyl (C=O) groups is 1. The maximum absolute atomic E-state index is 12.2. The van der Waals surface area contributed by atoms with Crippen LogP contribution in [-0.2, 0) is 9.53 Å². The molecule has 0 spiro atoms. The normalized spacial score (nSPS) is 29.3. The van der Waals surface area contributed by atoms with Crippen LogP contribution in [0.1, 0.15) is 14.5 Å². The first-order chi connectivity index (χ1) is 15.3. The number of hydrogen-bond acceptors (Lipinski definition) is 9. The van der Waals surface area contributed by atoms with E-state index in [0.29, 0.717) is 0 Å². The van der Waals surface area contributed by atoms with E-state index in [0.717, 1.165) is 6.33 Å². The minimum Gasteiger partial charge on any atom is -0.461 e. The summed E-state index contributed by atoms with van der Waals surface area (Å²) < 4.78 is 55.8. The molecule has 1 aliphatic rings. The van der Waals surface area contributed by atoms with Crippen LogP contribution in [0.2, 0.25) is 0 Å². The summed E-state index contributed by atoms with van der Waals surface area (Å²) in [7, 11) is 0. The first-order valence-corrected chi connectivity index (χ1v) is 7.74. The third-order valence-corrected chi connectivity index (χ3v) is 4.18. The second-order valence-electron chi connectivity index (χ2n) is 5.74. The zero-order valence-electron chi connectivity index (χ0n) is 19.5. The number of aliphatic hydroxyl groups is 2. The van der Waals surface area contributed by atoms with E-state index >= 15 is 0 Å². The highest BCUT2D eigenvalue weighted by atomic mass is 16.6. The van der Waals surface area contributed by atoms with Gasteiger partial charge in [-0.1, -0.05) is 0 Å². The third-order valence-electron chi connectivity index (χ3n) is 4.18. The zero-order valence-corrected chi connectivity index (χ0v) is 13.5. The highest BCUT2D eigenvalue weighted by molar-refractivity contribution is 5.85. The summed E-state index contributed by atoms with van der Waals surface area (Å²) in [6, 6.07) is 3.12. The van der Waals surface area contributed by atoms with Crippen molar-refractivity contribution in [2.24, 2.45) is 0 Å². The molecule has 1 amide bonds. The maximum Gasteiger partial charge on any atom is 0.251 e. The number of nitrogens with one attached hydrogen (secondary N) is 2. The molecule has 27 heavy (non-hydrogen) atoms. The smallest absolute Gasteiger partial charge is 0.251 e. The van der Waals surface area contributed by atoms with Crippen molar-refractivity contribution in [2.45, 2.75) is 24.5 Å². The molecule has 4 heterocycles. The monoisotopic (exact) mass is 380 g/mol. The molecule has 3 aromatic heterocycles. The van der Waals surface area contributed by atoms with Crippen LogP contribution in [0.5, 0.6) is 0 Å². The Kier molecular flexibility index (Phi) is 2.85. The van der Waals surface area contributed by atoms with Gasteiger partial charge in [0.25, 0.3) is 5.91 Å². The Bertz CT molecular complexity index is 1160. The van der Waals surface area contributed by atoms with Gasteiger partial charge >= 0.3 is 0 Å². The number of amides is 1. The number of anilines is 1. The standard InChI is InChI=1S/C16H18N6O5/c1-17-13-8-14(21-12(20-13)7-4-3-5-26-7)22(6-19-8)16-10(24)9(23)11(27-16)15(25)18-2/h3-6,9-11,16,23-24H,1-2H3,(H,18,25)(H,17,20,21)/t9-,10+,11-,16+/m0/s1/i1D3,2D3. The number of rotatable bonds is 4. The molecular weight excluding hydrogens is 356 g/mol. The first kappa shape index (κ1) is 11.6. The summed E-state index contributed by atoms with van der Waals surface area (Å²) in [5.41, 5.74) is -0.00149. The number of imidazole rings is 1. The summed E-state index contributed by atoms with van der Waals surface area (Å²) in [6.07, 6.45) is -4.02. The minimum atomic E-state index is -2.83. The molecule has 4 rings (SSSR count). The molecule has 0 radical (unpaired) electrons. The Hall–Kier alpha value is -3.02. The Labute approximate surface area is 161 Å². The van der Waals surface area contributed by atoms with Crippen LogP contribution >= 0.6 is 0 Å². The minimum absolute atomic E-state index is 0.00196. The van der Waals surface area contributed by atoms with Crippen LogP contribution < -0.4 is 10.6 Å². The third kappa shape index (κ3) is 2.72. The van der Waals surface area contributed by atoms with E-state index in [9.17, 15) is 15.0 Å². The Morgan fingerprint density at radius 1 is 1.33 bits per heavy atom. The van der Waals surface area contributed by atoms with Gasteiger partial charge in [0.05, 0.1) is 12.6 Å². The van der Waals surface area contributed by atoms with Crippen LogP contribution in [0.25, 0.3) is 22.7 Å². The van der Waals surface area contributed by atoms with Gasteiger partial charge in [0.1, 0.15) is 12.2 Å². The highest BCUT2D eigenvalue weighted by Gasteiger charge is 2.47. The molecule has 1 fully saturated rings. The summed E-state index contributed by atoms with van der Waals surface area (Å²) >= 11 is 0. The van der Waals surface area contributed by atoms with Crippen molar-refractivity contribution in [3.05, 3.63) is 24.7 Å². The Balaban J connectivity index is 1.76. The number of aromatic nitrogens is 4. The lowest BCUT2D eigenvalue weighted by molar-refractivity contribution is -0.137. The first-order valence-electron chi connectivity index (χ1n) is 10.7. The van der Waals surface area contributed by atoms with Gasteiger partial charge < -0.3 is 30.0 Å². The lowest BCUT2D eigenvalue weighted by atomic mass is 10.1. The zero-order chi connectivity index (χ0) is 24.1. The number of hydrogen-bond donors (Lipinski definition) is 4. The molecule has 11 nitrogen and oxygen atoms in total. The summed E-state index contributed by atoms with van der Waals surface area (Å²) in [5, 5.41) is 24.8. The van der Waals surface area contributed by atoms with Crippen LogP contribution in [-0.4, -0.2) is 67.9 Å². The van der Waals surface area contributed by atoms with E-state index in [-0.39, 0.29) is 28.6 Å². The van der Waals surface area contributed by atoms with Crippen LogP contribution in [0.4, 0.5) is 5.82 Å². The molecule has 3 aromatic rings. The second kappa shape index (κ2) is 6.61. The van der Waals surface area contributed by atoms with Crippen molar-refractivity contribution in [1.82, 2.24) is 24.8 Å². The fourth-order valence-corrected chi connectivity index (χ4v) is 2.88. The van der Waals surface area contributed by atoms with Crippen molar-refractivity contribution in [3.63, 3.8) is 0 Å². The van der Waals surface area contributed by atoms with E-state index in [1.165, 1.54) is 10.8 Å². The van der Waals surface area contributed by atoms with Gasteiger partial charge in [0.2, 0.25) is 0 Å². The highest BCUT2D eigenvalue weighted by Crippen LogP contribution is 2.33. The fourth-order valence-electron chi connectivity index (χ4n) is 2.88. The van der Waals surface area contributed by atoms with Gasteiger partial charge in [-0.05, 0) is 12.1 Å². The maximum atomic E-state index is 12.2. The molecule has 4 atom stereocenters. The predicted molar refractivity (Wildman–Crippen MR) is 92.6 cm³/mol. The molecule has 0 aliphatic carbocycles. The van der Waals surface area contributed by atoms with Crippen molar-refractivity contribution in [3.8, 4) is 11.6 Å². The Morgan fingerprint density at radius 3 is 2.96 bits per heavy atom. The van der Waals surface area contributed by atoms with Crippen molar-refractivity contribution in [2.75, 3.05) is 19.3 Å². The summed E-state index contributed by atoms with van der Waals surface area (Å²) in [6.45, 7) is -5.45. The number of fused-ring (bicyclic) bond motifs is 1. The van der Waals surface area contributed by atoms with Gasteiger partial charge in [-0.15, -0.1) is 0 Å². The topological polar surface area (TPSA) is 148 Å². The van der Waals surface area contributed by atoms with E-state index in [1.54, 1.807) is 17.4 Å². The second-order valence-corrected chi connectivity index (χ2v) is 5.74. The molecule has 11 heteroatoms. The number of aliphatic hydroxyl groups excluding tert-OH is 2. The number of carbonyl (C=O) groups excluding carboxylic acids is 1. The van der Waals surface area contributed by atoms with E-state index in [4.69, 9.17) is 17.4 Å². The summed E-state index contributed by atoms with van der Waals surface area (Å²) in [4.78, 5) is 24.8. The molecule has 4 N–H and O–H groups in total. The lowest BCUT2D eigenvalue weighted by Gasteiger charge is -2.16. The average Bonchev–Trinajstić information content (AvgIpc) is 3.40. The summed E-state index contributed by atoms with van der Waals surface area (Å²) in [5.74, 6) is -1.11. The molecule has 0 bridgehead atoms. The van der Waals surface area contributed by atoms with Crippen LogP contribution in [0.3, 0.4) is 0 Å². The molecule has 0 unspecified atom stereocenters. The number of nitrogens with zero attached hydrogens (tertiary/aromatic N) is 4. The van der Waals surface area contributed by atoms with Crippen LogP contribution in [0, 0.1) is 0 Å². The largest absolute Gasteiger partial charge is 0.461 e. The van der Waals surface area contributed by atoms with Gasteiger partial charge in [0.15, 0.2) is 40.9 Å². The lowest BCUT2D eigenvalue weighted by Crippen LogP contribution is -2.41. The average molecular weight is 380 g/mol. The van der Waals surface area contributed by atoms with E-state index in [1.807, 2.05) is 0 Å². The quantitative estimate of drug-likeness (QED) is 0.470. The molecule has 142 valence electrons. The molecule has 0 saturated carbocycles. The van der Waals surface area contributed by atoms with Crippen molar-refractivity contribution < 1.29 is 32.4 Å². The van der Waals surface area contributed by atoms with Crippen molar-refractivity contribution >= 4 is 22.9 Å². The van der Waals surface area contributed by atoms with Gasteiger partial charge in [-0.3, -0.25) is 9.36 Å². The molecule has 0 aromatic carbocycles. The predicted octanol–water partition coefficient (Wildman–Crippen LogP) is -0.507.